The Hall–Kier alpha value is -5.09. The fraction of sp³-hybridized carbons (Fsp3) is 0.147. The second-order valence-corrected chi connectivity index (χ2v) is 10.6. The minimum absolute atomic E-state index is 0.0458. The lowest BCUT2D eigenvalue weighted by molar-refractivity contribution is -0.137. The molecule has 1 unspecified atom stereocenters. The third-order valence-corrected chi connectivity index (χ3v) is 7.70. The van der Waals surface area contributed by atoms with Crippen LogP contribution < -0.4 is 16.0 Å². The summed E-state index contributed by atoms with van der Waals surface area (Å²) in [6.45, 7) is 2.13. The third-order valence-electron chi connectivity index (χ3n) is 7.31. The van der Waals surface area contributed by atoms with Crippen molar-refractivity contribution in [2.24, 2.45) is 7.05 Å². The van der Waals surface area contributed by atoms with Crippen molar-refractivity contribution in [3.8, 4) is 11.1 Å². The van der Waals surface area contributed by atoms with Crippen LogP contribution in [0.1, 0.15) is 44.9 Å². The van der Waals surface area contributed by atoms with E-state index in [2.05, 4.69) is 16.0 Å². The lowest BCUT2D eigenvalue weighted by Gasteiger charge is -2.19. The fourth-order valence-electron chi connectivity index (χ4n) is 5.24. The van der Waals surface area contributed by atoms with Crippen molar-refractivity contribution in [3.63, 3.8) is 0 Å². The van der Waals surface area contributed by atoms with E-state index in [0.29, 0.717) is 28.6 Å². The highest BCUT2D eigenvalue weighted by molar-refractivity contribution is 6.39. The molecule has 0 bridgehead atoms. The second kappa shape index (κ2) is 12.9. The first kappa shape index (κ1) is 31.3. The topological polar surface area (TPSA) is 92.2 Å². The number of likely N-dealkylation sites (N-methyl/N-ethyl adjacent to an activating group) is 1. The summed E-state index contributed by atoms with van der Waals surface area (Å²) in [4.78, 5) is 39.9. The summed E-state index contributed by atoms with van der Waals surface area (Å²) in [5, 5.41) is 8.48. The molecule has 7 nitrogen and oxygen atoms in total. The van der Waals surface area contributed by atoms with Gasteiger partial charge in [0.25, 0.3) is 11.8 Å². The van der Waals surface area contributed by atoms with E-state index in [0.717, 1.165) is 6.07 Å². The summed E-state index contributed by atoms with van der Waals surface area (Å²) in [5.41, 5.74) is 0.325. The molecular formula is C34H28ClF3N4O3. The number of aryl methyl sites for hydroxylation is 1. The standard InChI is InChI=1S/C34H28ClF3N4O3/c1-3-39-32(44)29(21-13-8-5-9-14-21)41-33(45)30-28(35)24-19-22(17-18-26(24)42(30)2)40-31(43)27-23(20-11-6-4-7-12-20)15-10-16-25(27)34(36,37)38/h4-19,29H,3H2,1-2H3,(H,39,44)(H,40,43)(H,41,45). The summed E-state index contributed by atoms with van der Waals surface area (Å²) in [5.74, 6) is -1.97. The van der Waals surface area contributed by atoms with Gasteiger partial charge in [0, 0.05) is 24.7 Å². The van der Waals surface area contributed by atoms with Crippen LogP contribution in [-0.4, -0.2) is 28.8 Å². The summed E-state index contributed by atoms with van der Waals surface area (Å²) in [6.07, 6.45) is -4.78. The SMILES string of the molecule is CCNC(=O)C(NC(=O)c1c(Cl)c2cc(NC(=O)c3c(-c4ccccc4)cccc3C(F)(F)F)ccc2n1C)c1ccccc1. The molecular weight excluding hydrogens is 605 g/mol. The molecule has 0 spiro atoms. The van der Waals surface area contributed by atoms with Gasteiger partial charge in [-0.05, 0) is 47.9 Å². The molecule has 0 aliphatic rings. The molecule has 0 radical (unpaired) electrons. The molecule has 0 saturated heterocycles. The minimum Gasteiger partial charge on any atom is -0.354 e. The molecule has 1 heterocycles. The quantitative estimate of drug-likeness (QED) is 0.167. The molecule has 5 rings (SSSR count). The van der Waals surface area contributed by atoms with Crippen LogP contribution in [0.2, 0.25) is 5.02 Å². The maximum atomic E-state index is 14.1. The number of halogens is 4. The van der Waals surface area contributed by atoms with Gasteiger partial charge in [0.1, 0.15) is 11.7 Å². The van der Waals surface area contributed by atoms with Crippen molar-refractivity contribution in [2.45, 2.75) is 19.1 Å². The first-order chi connectivity index (χ1) is 21.5. The Bertz CT molecular complexity index is 1890. The van der Waals surface area contributed by atoms with Crippen molar-refractivity contribution >= 4 is 45.9 Å². The van der Waals surface area contributed by atoms with Crippen LogP contribution in [0.25, 0.3) is 22.0 Å². The number of carbonyl (C=O) groups excluding carboxylic acids is 3. The zero-order valence-electron chi connectivity index (χ0n) is 24.2. The van der Waals surface area contributed by atoms with Crippen LogP contribution in [0.3, 0.4) is 0 Å². The Kier molecular flexibility index (Phi) is 8.96. The monoisotopic (exact) mass is 632 g/mol. The van der Waals surface area contributed by atoms with Crippen molar-refractivity contribution < 1.29 is 27.6 Å². The Morgan fingerprint density at radius 2 is 1.53 bits per heavy atom. The van der Waals surface area contributed by atoms with Gasteiger partial charge in [-0.25, -0.2) is 0 Å². The van der Waals surface area contributed by atoms with Crippen LogP contribution in [0.5, 0.6) is 0 Å². The zero-order valence-corrected chi connectivity index (χ0v) is 25.0. The van der Waals surface area contributed by atoms with Crippen LogP contribution >= 0.6 is 11.6 Å². The highest BCUT2D eigenvalue weighted by atomic mass is 35.5. The Balaban J connectivity index is 1.49. The summed E-state index contributed by atoms with van der Waals surface area (Å²) in [7, 11) is 1.62. The molecule has 230 valence electrons. The molecule has 0 aliphatic carbocycles. The number of alkyl halides is 3. The predicted molar refractivity (Wildman–Crippen MR) is 168 cm³/mol. The average Bonchev–Trinajstić information content (AvgIpc) is 3.28. The number of benzene rings is 4. The number of hydrogen-bond donors (Lipinski definition) is 3. The maximum absolute atomic E-state index is 14.1. The number of aromatic nitrogens is 1. The average molecular weight is 633 g/mol. The number of rotatable bonds is 8. The molecule has 45 heavy (non-hydrogen) atoms. The Morgan fingerprint density at radius 3 is 2.18 bits per heavy atom. The number of anilines is 1. The van der Waals surface area contributed by atoms with Gasteiger partial charge in [-0.3, -0.25) is 14.4 Å². The lowest BCUT2D eigenvalue weighted by Crippen LogP contribution is -2.40. The zero-order chi connectivity index (χ0) is 32.3. The van der Waals surface area contributed by atoms with E-state index in [1.54, 1.807) is 85.3 Å². The third kappa shape index (κ3) is 6.41. The Morgan fingerprint density at radius 1 is 0.867 bits per heavy atom. The fourth-order valence-corrected chi connectivity index (χ4v) is 5.60. The molecule has 3 N–H and O–H groups in total. The number of nitrogens with zero attached hydrogens (tertiary/aromatic N) is 1. The van der Waals surface area contributed by atoms with Crippen molar-refractivity contribution in [1.82, 2.24) is 15.2 Å². The van der Waals surface area contributed by atoms with Gasteiger partial charge in [-0.15, -0.1) is 0 Å². The molecule has 4 aromatic carbocycles. The normalized spacial score (nSPS) is 12.0. The Labute approximate surface area is 262 Å². The van der Waals surface area contributed by atoms with Gasteiger partial charge in [-0.2, -0.15) is 13.2 Å². The number of nitrogens with one attached hydrogen (secondary N) is 3. The van der Waals surface area contributed by atoms with E-state index in [-0.39, 0.29) is 22.0 Å². The summed E-state index contributed by atoms with van der Waals surface area (Å²) >= 11 is 6.70. The lowest BCUT2D eigenvalue weighted by atomic mass is 9.94. The number of amides is 3. The van der Waals surface area contributed by atoms with E-state index in [1.807, 2.05) is 0 Å². The molecule has 0 aliphatic heterocycles. The molecule has 0 saturated carbocycles. The molecule has 0 fully saturated rings. The molecule has 5 aromatic rings. The van der Waals surface area contributed by atoms with Crippen LogP contribution in [0.15, 0.2) is 97.1 Å². The van der Waals surface area contributed by atoms with Crippen molar-refractivity contribution in [2.75, 3.05) is 11.9 Å². The van der Waals surface area contributed by atoms with Crippen molar-refractivity contribution in [1.29, 1.82) is 0 Å². The van der Waals surface area contributed by atoms with E-state index in [4.69, 9.17) is 11.6 Å². The summed E-state index contributed by atoms with van der Waals surface area (Å²) in [6, 6.07) is 24.3. The number of fused-ring (bicyclic) bond motifs is 1. The van der Waals surface area contributed by atoms with E-state index < -0.39 is 41.1 Å². The maximum Gasteiger partial charge on any atom is 0.417 e. The van der Waals surface area contributed by atoms with Gasteiger partial charge < -0.3 is 20.5 Å². The van der Waals surface area contributed by atoms with Gasteiger partial charge in [0.2, 0.25) is 5.91 Å². The largest absolute Gasteiger partial charge is 0.417 e. The van der Waals surface area contributed by atoms with E-state index in [9.17, 15) is 27.6 Å². The second-order valence-electron chi connectivity index (χ2n) is 10.2. The summed E-state index contributed by atoms with van der Waals surface area (Å²) < 4.78 is 43.7. The van der Waals surface area contributed by atoms with Gasteiger partial charge >= 0.3 is 6.18 Å². The first-order valence-electron chi connectivity index (χ1n) is 14.0. The smallest absolute Gasteiger partial charge is 0.354 e. The van der Waals surface area contributed by atoms with E-state index >= 15 is 0 Å². The molecule has 1 atom stereocenters. The van der Waals surface area contributed by atoms with E-state index in [1.165, 1.54) is 24.3 Å². The van der Waals surface area contributed by atoms with Crippen LogP contribution in [-0.2, 0) is 18.0 Å². The van der Waals surface area contributed by atoms with Gasteiger partial charge in [0.15, 0.2) is 0 Å². The van der Waals surface area contributed by atoms with Gasteiger partial charge in [-0.1, -0.05) is 84.4 Å². The highest BCUT2D eigenvalue weighted by Crippen LogP contribution is 2.38. The molecule has 11 heteroatoms. The number of carbonyl (C=O) groups is 3. The minimum atomic E-state index is -4.78. The van der Waals surface area contributed by atoms with Crippen LogP contribution in [0, 0.1) is 0 Å². The van der Waals surface area contributed by atoms with Gasteiger partial charge in [0.05, 0.1) is 21.7 Å². The number of hydrogen-bond acceptors (Lipinski definition) is 3. The molecule has 3 amide bonds. The molecule has 1 aromatic heterocycles. The first-order valence-corrected chi connectivity index (χ1v) is 14.4. The van der Waals surface area contributed by atoms with Crippen LogP contribution in [0.4, 0.5) is 18.9 Å². The van der Waals surface area contributed by atoms with Crippen molar-refractivity contribution in [3.05, 3.63) is 124 Å². The predicted octanol–water partition coefficient (Wildman–Crippen LogP) is 7.38. The highest BCUT2D eigenvalue weighted by Gasteiger charge is 2.37.